The molecule has 0 aliphatic heterocycles. The lowest BCUT2D eigenvalue weighted by Gasteiger charge is -2.26. The monoisotopic (exact) mass is 282 g/mol. The molecule has 1 nitrogen and oxygen atoms in total. The van der Waals surface area contributed by atoms with Crippen LogP contribution in [0.3, 0.4) is 0 Å². The molecule has 0 saturated carbocycles. The lowest BCUT2D eigenvalue weighted by molar-refractivity contribution is 0.474. The van der Waals surface area contributed by atoms with Crippen LogP contribution in [0.15, 0.2) is 48.5 Å². The van der Waals surface area contributed by atoms with Gasteiger partial charge in [-0.25, -0.2) is 0 Å². The second kappa shape index (κ2) is 6.34. The smallest absolute Gasteiger partial charge is 0.115 e. The van der Waals surface area contributed by atoms with E-state index >= 15 is 0 Å². The van der Waals surface area contributed by atoms with Crippen LogP contribution in [-0.2, 0) is 18.3 Å². The molecule has 0 amide bonds. The molecule has 0 bridgehead atoms. The minimum Gasteiger partial charge on any atom is -0.508 e. The summed E-state index contributed by atoms with van der Waals surface area (Å²) >= 11 is 0. The zero-order valence-electron chi connectivity index (χ0n) is 13.6. The molecule has 1 N–H and O–H groups in total. The number of benzene rings is 2. The Bertz CT molecular complexity index is 579. The van der Waals surface area contributed by atoms with Gasteiger partial charge in [-0.2, -0.15) is 0 Å². The van der Waals surface area contributed by atoms with Crippen molar-refractivity contribution in [3.63, 3.8) is 0 Å². The summed E-state index contributed by atoms with van der Waals surface area (Å²) < 4.78 is 0. The molecule has 0 aliphatic rings. The number of phenolic OH excluding ortho intramolecular Hbond substituents is 1. The molecule has 0 radical (unpaired) electrons. The summed E-state index contributed by atoms with van der Waals surface area (Å²) in [5.41, 5.74) is 4.14. The van der Waals surface area contributed by atoms with Gasteiger partial charge in [0, 0.05) is 0 Å². The topological polar surface area (TPSA) is 20.2 Å². The number of hydrogen-bond donors (Lipinski definition) is 1. The molecule has 0 aliphatic carbocycles. The first-order valence-corrected chi connectivity index (χ1v) is 7.74. The third-order valence-electron chi connectivity index (χ3n) is 3.93. The SMILES string of the molecule is CC(C)Cc1cccc(C(C)(C)Cc2ccc(O)cc2)c1. The zero-order valence-corrected chi connectivity index (χ0v) is 13.6. The van der Waals surface area contributed by atoms with Crippen LogP contribution in [0.2, 0.25) is 0 Å². The summed E-state index contributed by atoms with van der Waals surface area (Å²) in [5, 5.41) is 9.39. The van der Waals surface area contributed by atoms with Crippen LogP contribution in [0.5, 0.6) is 5.75 Å². The molecule has 2 aromatic rings. The van der Waals surface area contributed by atoms with Crippen LogP contribution in [0.4, 0.5) is 0 Å². The maximum Gasteiger partial charge on any atom is 0.115 e. The molecule has 0 aromatic heterocycles. The van der Waals surface area contributed by atoms with E-state index in [4.69, 9.17) is 0 Å². The predicted octanol–water partition coefficient (Wildman–Crippen LogP) is 5.11. The normalized spacial score (nSPS) is 11.9. The zero-order chi connectivity index (χ0) is 15.5. The fourth-order valence-electron chi connectivity index (χ4n) is 2.82. The second-order valence-corrected chi connectivity index (χ2v) is 7.03. The van der Waals surface area contributed by atoms with E-state index in [2.05, 4.69) is 52.0 Å². The van der Waals surface area contributed by atoms with Gasteiger partial charge in [-0.05, 0) is 53.0 Å². The molecule has 2 aromatic carbocycles. The van der Waals surface area contributed by atoms with Crippen LogP contribution in [-0.4, -0.2) is 5.11 Å². The van der Waals surface area contributed by atoms with Gasteiger partial charge in [-0.15, -0.1) is 0 Å². The van der Waals surface area contributed by atoms with Crippen molar-refractivity contribution in [3.8, 4) is 5.75 Å². The maximum absolute atomic E-state index is 9.39. The molecule has 0 spiro atoms. The summed E-state index contributed by atoms with van der Waals surface area (Å²) in [6, 6.07) is 16.5. The van der Waals surface area contributed by atoms with Gasteiger partial charge >= 0.3 is 0 Å². The van der Waals surface area contributed by atoms with Crippen LogP contribution in [0.1, 0.15) is 44.4 Å². The second-order valence-electron chi connectivity index (χ2n) is 7.03. The molecule has 0 fully saturated rings. The van der Waals surface area contributed by atoms with Crippen LogP contribution >= 0.6 is 0 Å². The Balaban J connectivity index is 2.20. The van der Waals surface area contributed by atoms with Gasteiger partial charge < -0.3 is 5.11 Å². The summed E-state index contributed by atoms with van der Waals surface area (Å²) in [7, 11) is 0. The molecule has 1 heteroatoms. The van der Waals surface area contributed by atoms with Crippen molar-refractivity contribution in [2.45, 2.75) is 46.0 Å². The average Bonchev–Trinajstić information content (AvgIpc) is 2.41. The Morgan fingerprint density at radius 1 is 0.952 bits per heavy atom. The lowest BCUT2D eigenvalue weighted by atomic mass is 9.78. The number of hydrogen-bond acceptors (Lipinski definition) is 1. The Morgan fingerprint density at radius 2 is 1.62 bits per heavy atom. The van der Waals surface area contributed by atoms with Crippen molar-refractivity contribution < 1.29 is 5.11 Å². The van der Waals surface area contributed by atoms with Crippen molar-refractivity contribution in [2.24, 2.45) is 5.92 Å². The van der Waals surface area contributed by atoms with Gasteiger partial charge in [-0.3, -0.25) is 0 Å². The first kappa shape index (κ1) is 15.6. The Labute approximate surface area is 128 Å². The highest BCUT2D eigenvalue weighted by Gasteiger charge is 2.21. The molecular weight excluding hydrogens is 256 g/mol. The van der Waals surface area contributed by atoms with Gasteiger partial charge in [-0.1, -0.05) is 64.1 Å². The molecule has 112 valence electrons. The lowest BCUT2D eigenvalue weighted by Crippen LogP contribution is -2.20. The van der Waals surface area contributed by atoms with Gasteiger partial charge in [0.2, 0.25) is 0 Å². The number of phenols is 1. The van der Waals surface area contributed by atoms with E-state index in [1.807, 2.05) is 12.1 Å². The molecule has 2 rings (SSSR count). The van der Waals surface area contributed by atoms with Gasteiger partial charge in [0.1, 0.15) is 5.75 Å². The third-order valence-corrected chi connectivity index (χ3v) is 3.93. The molecule has 0 saturated heterocycles. The highest BCUT2D eigenvalue weighted by molar-refractivity contribution is 5.33. The first-order chi connectivity index (χ1) is 9.87. The Hall–Kier alpha value is -1.76. The summed E-state index contributed by atoms with van der Waals surface area (Å²) in [6.45, 7) is 9.09. The first-order valence-electron chi connectivity index (χ1n) is 7.74. The summed E-state index contributed by atoms with van der Waals surface area (Å²) in [4.78, 5) is 0. The average molecular weight is 282 g/mol. The fourth-order valence-corrected chi connectivity index (χ4v) is 2.82. The minimum atomic E-state index is 0.0873. The summed E-state index contributed by atoms with van der Waals surface area (Å²) in [5.74, 6) is 1.01. The van der Waals surface area contributed by atoms with Crippen molar-refractivity contribution in [1.82, 2.24) is 0 Å². The van der Waals surface area contributed by atoms with Gasteiger partial charge in [0.05, 0.1) is 0 Å². The highest BCUT2D eigenvalue weighted by atomic mass is 16.3. The van der Waals surface area contributed by atoms with Crippen LogP contribution in [0.25, 0.3) is 0 Å². The predicted molar refractivity (Wildman–Crippen MR) is 89.8 cm³/mol. The molecular formula is C20H26O. The highest BCUT2D eigenvalue weighted by Crippen LogP contribution is 2.29. The third kappa shape index (κ3) is 4.35. The largest absolute Gasteiger partial charge is 0.508 e. The summed E-state index contributed by atoms with van der Waals surface area (Å²) in [6.07, 6.45) is 2.10. The van der Waals surface area contributed by atoms with Gasteiger partial charge in [0.25, 0.3) is 0 Å². The van der Waals surface area contributed by atoms with Crippen molar-refractivity contribution in [2.75, 3.05) is 0 Å². The van der Waals surface area contributed by atoms with E-state index in [9.17, 15) is 5.11 Å². The van der Waals surface area contributed by atoms with E-state index in [-0.39, 0.29) is 5.41 Å². The fraction of sp³-hybridized carbons (Fsp3) is 0.400. The van der Waals surface area contributed by atoms with E-state index in [0.717, 1.165) is 12.8 Å². The maximum atomic E-state index is 9.39. The van der Waals surface area contributed by atoms with Crippen molar-refractivity contribution in [3.05, 3.63) is 65.2 Å². The molecule has 0 atom stereocenters. The van der Waals surface area contributed by atoms with Crippen LogP contribution in [0, 0.1) is 5.92 Å². The van der Waals surface area contributed by atoms with Gasteiger partial charge in [0.15, 0.2) is 0 Å². The molecule has 21 heavy (non-hydrogen) atoms. The number of aromatic hydroxyl groups is 1. The standard InChI is InChI=1S/C20H26O/c1-15(2)12-17-6-5-7-18(13-17)20(3,4)14-16-8-10-19(21)11-9-16/h5-11,13,15,21H,12,14H2,1-4H3. The van der Waals surface area contributed by atoms with Crippen LogP contribution < -0.4 is 0 Å². The number of rotatable bonds is 5. The Kier molecular flexibility index (Phi) is 4.72. The van der Waals surface area contributed by atoms with E-state index in [0.29, 0.717) is 11.7 Å². The Morgan fingerprint density at radius 3 is 2.24 bits per heavy atom. The molecule has 0 unspecified atom stereocenters. The quantitative estimate of drug-likeness (QED) is 0.808. The van der Waals surface area contributed by atoms with E-state index in [1.165, 1.54) is 16.7 Å². The van der Waals surface area contributed by atoms with E-state index < -0.39 is 0 Å². The minimum absolute atomic E-state index is 0.0873. The van der Waals surface area contributed by atoms with Crippen molar-refractivity contribution >= 4 is 0 Å². The van der Waals surface area contributed by atoms with E-state index in [1.54, 1.807) is 12.1 Å². The molecule has 0 heterocycles. The van der Waals surface area contributed by atoms with Crippen molar-refractivity contribution in [1.29, 1.82) is 0 Å².